The maximum Gasteiger partial charge on any atom is 0.410 e. The van der Waals surface area contributed by atoms with E-state index in [0.717, 1.165) is 76.1 Å². The fraction of sp³-hybridized carbons (Fsp3) is 0.649. The Labute approximate surface area is 582 Å². The van der Waals surface area contributed by atoms with Gasteiger partial charge in [0.15, 0.2) is 0 Å². The molecule has 0 radical (unpaired) electrons. The lowest BCUT2D eigenvalue weighted by molar-refractivity contribution is 0.00612. The molecule has 550 valence electrons. The number of carbonyl (C=O) groups excluding carboxylic acids is 2. The maximum atomic E-state index is 14.8. The first kappa shape index (κ1) is 81.9. The van der Waals surface area contributed by atoms with E-state index < -0.39 is 88.8 Å². The molecule has 4 fully saturated rings. The van der Waals surface area contributed by atoms with Crippen LogP contribution < -0.4 is 31.5 Å². The van der Waals surface area contributed by atoms with Crippen LogP contribution in [0.4, 0.5) is 44.7 Å². The van der Waals surface area contributed by atoms with Gasteiger partial charge >= 0.3 is 12.2 Å². The zero-order chi connectivity index (χ0) is 71.1. The molecule has 2 amide bonds. The summed E-state index contributed by atoms with van der Waals surface area (Å²) in [7, 11) is -2.90. The summed E-state index contributed by atoms with van der Waals surface area (Å²) >= 11 is 0. The second-order valence-electron chi connectivity index (χ2n) is 31.1. The van der Waals surface area contributed by atoms with Crippen LogP contribution in [0, 0.1) is 68.2 Å². The molecule has 24 heteroatoms. The molecule has 4 aliphatic heterocycles. The van der Waals surface area contributed by atoms with E-state index >= 15 is 0 Å². The predicted octanol–water partition coefficient (Wildman–Crippen LogP) is 15.3. The van der Waals surface area contributed by atoms with Crippen molar-refractivity contribution in [3.8, 4) is 0 Å². The molecule has 8 aliphatic rings. The van der Waals surface area contributed by atoms with Crippen LogP contribution in [0.3, 0.4) is 0 Å². The number of nitrogens with one attached hydrogen (secondary N) is 4. The third-order valence-corrected chi connectivity index (χ3v) is 23.5. The molecule has 8 N–H and O–H groups in total. The Morgan fingerprint density at radius 2 is 0.745 bits per heavy atom. The lowest BCUT2D eigenvalue weighted by Gasteiger charge is -2.44. The van der Waals surface area contributed by atoms with Crippen LogP contribution in [0.25, 0.3) is 0 Å². The number of likely N-dealkylation sites (tertiary alicyclic amines) is 2. The van der Waals surface area contributed by atoms with Gasteiger partial charge in [0, 0.05) is 72.5 Å². The number of hydrogen-bond acceptors (Lipinski definition) is 10. The lowest BCUT2D eigenvalue weighted by Crippen LogP contribution is -2.50. The standard InChI is InChI=1S/2C22H32F2N2O3S.2C13H16F2N2.C2H6.2CH4/c2*1-20(2,3)29-19(27)26-11-9-22(10-12-26)13-14-15(23)7-8-16(24)17(14)18(22)25-30(28)21(4,5)6;14-9-2-3-10(15)11-8(9)6-13(12(11)16)4-1-5-17-7-13;14-9-1-2-10(15)11-8(9)7-13(12(11)16)3-5-17-6-4-13;1-2;;/h2*7-8,18,25H,9-13H2,1-6H3;2-3,12,17H,1,4-7,16H2;1-2,12,17H,3-7,16H2;1-2H3;2*1H4/t18-,30+;18-,30-;12-,13?;12-;;;/m0110.../s1. The van der Waals surface area contributed by atoms with E-state index in [0.29, 0.717) is 111 Å². The summed E-state index contributed by atoms with van der Waals surface area (Å²) in [5.74, 6) is -3.20. The van der Waals surface area contributed by atoms with Crippen LogP contribution in [0.1, 0.15) is 232 Å². The Morgan fingerprint density at radius 1 is 0.449 bits per heavy atom. The van der Waals surface area contributed by atoms with Crippen molar-refractivity contribution in [1.82, 2.24) is 29.9 Å². The van der Waals surface area contributed by atoms with Gasteiger partial charge < -0.3 is 41.4 Å². The summed E-state index contributed by atoms with van der Waals surface area (Å²) < 4.78 is 156. The summed E-state index contributed by atoms with van der Waals surface area (Å²) in [5, 5.41) is 6.57. The van der Waals surface area contributed by atoms with Gasteiger partial charge in [-0.05, 0) is 267 Å². The first-order valence-corrected chi connectivity index (χ1v) is 36.2. The van der Waals surface area contributed by atoms with Gasteiger partial charge in [0.1, 0.15) is 57.7 Å². The second kappa shape index (κ2) is 31.7. The maximum absolute atomic E-state index is 14.8. The second-order valence-corrected chi connectivity index (χ2v) is 35.1. The van der Waals surface area contributed by atoms with E-state index in [-0.39, 0.29) is 84.3 Å². The molecule has 4 aliphatic carbocycles. The number of rotatable bonds is 4. The molecule has 0 saturated carbocycles. The number of carbonyl (C=O) groups is 2. The molecule has 98 heavy (non-hydrogen) atoms. The molecule has 12 rings (SSSR count). The molecule has 4 heterocycles. The number of nitrogens with two attached hydrogens (primary N) is 2. The normalized spacial score (nSPS) is 23.7. The molecule has 1 unspecified atom stereocenters. The number of benzene rings is 4. The van der Waals surface area contributed by atoms with E-state index in [4.69, 9.17) is 20.9 Å². The predicted molar refractivity (Wildman–Crippen MR) is 374 cm³/mol. The van der Waals surface area contributed by atoms with E-state index in [9.17, 15) is 53.1 Å². The Kier molecular flexibility index (Phi) is 26.5. The molecule has 0 bridgehead atoms. The van der Waals surface area contributed by atoms with Crippen molar-refractivity contribution in [2.45, 2.75) is 234 Å². The van der Waals surface area contributed by atoms with Gasteiger partial charge in [-0.25, -0.2) is 62.6 Å². The minimum Gasteiger partial charge on any atom is -0.444 e. The minimum atomic E-state index is -1.45. The first-order valence-electron chi connectivity index (χ1n) is 33.9. The van der Waals surface area contributed by atoms with Crippen molar-refractivity contribution < 1.29 is 62.6 Å². The van der Waals surface area contributed by atoms with E-state index in [1.807, 2.05) is 96.9 Å². The third kappa shape index (κ3) is 17.5. The van der Waals surface area contributed by atoms with Gasteiger partial charge in [0.2, 0.25) is 0 Å². The molecular weight excluding hydrogens is 1310 g/mol. The highest BCUT2D eigenvalue weighted by Crippen LogP contribution is 2.57. The fourth-order valence-electron chi connectivity index (χ4n) is 15.1. The van der Waals surface area contributed by atoms with E-state index in [1.54, 1.807) is 9.80 Å². The number of amides is 2. The molecule has 4 aromatic rings. The number of hydrogen-bond donors (Lipinski definition) is 6. The topological polar surface area (TPSA) is 193 Å². The van der Waals surface area contributed by atoms with Crippen LogP contribution in [-0.4, -0.2) is 103 Å². The molecule has 4 spiro atoms. The Morgan fingerprint density at radius 3 is 1.05 bits per heavy atom. The molecule has 0 aromatic heterocycles. The SMILES string of the molecule is C.C.CC.CC(C)(C)OC(=O)N1CCC2(CC1)Cc1c(F)ccc(F)c1[C@@H]2N[S@](=O)C(C)(C)C.CC(C)(C)OC(=O)N1CCC2(CC1)Cc1c(F)ccc(F)c1[C@H]2N[S@](=O)C(C)(C)C.N[C@@H]1c2c(F)ccc(F)c2CC12CCCNC2.N[C@H]1c2c(F)ccc(F)c2CC12CCNCC2. The van der Waals surface area contributed by atoms with Crippen LogP contribution in [0.2, 0.25) is 0 Å². The van der Waals surface area contributed by atoms with E-state index in [1.165, 1.54) is 24.3 Å². The van der Waals surface area contributed by atoms with Crippen molar-refractivity contribution in [3.05, 3.63) is 140 Å². The quantitative estimate of drug-likeness (QED) is 0.107. The van der Waals surface area contributed by atoms with Crippen LogP contribution in [0.5, 0.6) is 0 Å². The highest BCUT2D eigenvalue weighted by atomic mass is 32.2. The molecule has 7 atom stereocenters. The average molecular weight is 1420 g/mol. The Balaban J connectivity index is 0.000000209. The highest BCUT2D eigenvalue weighted by Gasteiger charge is 2.55. The molecule has 14 nitrogen and oxygen atoms in total. The van der Waals surface area contributed by atoms with Crippen molar-refractivity contribution in [2.24, 2.45) is 33.1 Å². The number of piperidine rings is 4. The minimum absolute atomic E-state index is 0. The monoisotopic (exact) mass is 1420 g/mol. The van der Waals surface area contributed by atoms with Crippen LogP contribution in [-0.2, 0) is 57.1 Å². The number of ether oxygens (including phenoxy) is 2. The third-order valence-electron chi connectivity index (χ3n) is 20.3. The molecule has 4 saturated heterocycles. The molecule has 4 aromatic carbocycles. The zero-order valence-electron chi connectivity index (χ0n) is 58.4. The zero-order valence-corrected chi connectivity index (χ0v) is 60.0. The van der Waals surface area contributed by atoms with Crippen molar-refractivity contribution in [1.29, 1.82) is 0 Å². The number of nitrogens with zero attached hydrogens (tertiary/aromatic N) is 2. The first-order chi connectivity index (χ1) is 44.7. The van der Waals surface area contributed by atoms with Crippen molar-refractivity contribution in [3.63, 3.8) is 0 Å². The summed E-state index contributed by atoms with van der Waals surface area (Å²) in [4.78, 5) is 28.2. The number of halogens is 8. The van der Waals surface area contributed by atoms with Gasteiger partial charge in [-0.15, -0.1) is 0 Å². The van der Waals surface area contributed by atoms with Crippen molar-refractivity contribution >= 4 is 34.2 Å². The summed E-state index contributed by atoms with van der Waals surface area (Å²) in [5.41, 5.74) is 12.9. The highest BCUT2D eigenvalue weighted by molar-refractivity contribution is 7.84. The van der Waals surface area contributed by atoms with Gasteiger partial charge in [-0.2, -0.15) is 0 Å². The lowest BCUT2D eigenvalue weighted by atomic mass is 9.73. The molecular formula is C74H110F8N8O6S2. The van der Waals surface area contributed by atoms with Crippen LogP contribution in [0.15, 0.2) is 48.5 Å². The van der Waals surface area contributed by atoms with Gasteiger partial charge in [0.25, 0.3) is 0 Å². The van der Waals surface area contributed by atoms with Gasteiger partial charge in [0.05, 0.1) is 43.5 Å². The largest absolute Gasteiger partial charge is 0.444 e. The summed E-state index contributed by atoms with van der Waals surface area (Å²) in [6.07, 6.45) is 6.98. The summed E-state index contributed by atoms with van der Waals surface area (Å²) in [6.45, 7) is 31.1. The van der Waals surface area contributed by atoms with Gasteiger partial charge in [-0.3, -0.25) is 0 Å². The Hall–Kier alpha value is -5.08. The average Bonchev–Trinajstić information content (AvgIpc) is 1.61. The van der Waals surface area contributed by atoms with E-state index in [2.05, 4.69) is 20.1 Å². The smallest absolute Gasteiger partial charge is 0.410 e. The number of fused-ring (bicyclic) bond motifs is 4. The Bertz CT molecular complexity index is 3280. The van der Waals surface area contributed by atoms with Crippen LogP contribution >= 0.6 is 0 Å². The fourth-order valence-corrected chi connectivity index (χ4v) is 17.0. The van der Waals surface area contributed by atoms with Crippen molar-refractivity contribution in [2.75, 3.05) is 52.4 Å². The van der Waals surface area contributed by atoms with Gasteiger partial charge in [-0.1, -0.05) is 28.7 Å². The summed E-state index contributed by atoms with van der Waals surface area (Å²) in [6, 6.07) is 7.45.